The molecule has 2 aromatic carbocycles. The number of hydrogen-bond donors (Lipinski definition) is 0. The summed E-state index contributed by atoms with van der Waals surface area (Å²) in [4.78, 5) is 6.55. The molecular formula is C23H24BrN3O2. The number of halogens is 1. The van der Waals surface area contributed by atoms with Crippen molar-refractivity contribution >= 4 is 28.0 Å². The second kappa shape index (κ2) is 9.62. The summed E-state index contributed by atoms with van der Waals surface area (Å²) in [5.74, 6) is 0.736. The van der Waals surface area contributed by atoms with Crippen molar-refractivity contribution in [3.8, 4) is 11.8 Å². The highest BCUT2D eigenvalue weighted by atomic mass is 79.9. The fraction of sp³-hybridized carbons (Fsp3) is 0.304. The summed E-state index contributed by atoms with van der Waals surface area (Å²) < 4.78 is 12.3. The Morgan fingerprint density at radius 3 is 2.52 bits per heavy atom. The van der Waals surface area contributed by atoms with Crippen molar-refractivity contribution in [2.45, 2.75) is 26.7 Å². The van der Waals surface area contributed by atoms with Gasteiger partial charge >= 0.3 is 0 Å². The molecule has 0 aliphatic carbocycles. The number of fused-ring (bicyclic) bond motifs is 1. The van der Waals surface area contributed by atoms with Crippen LogP contribution in [0.3, 0.4) is 0 Å². The molecule has 150 valence electrons. The highest BCUT2D eigenvalue weighted by Gasteiger charge is 2.32. The minimum absolute atomic E-state index is 0.253. The lowest BCUT2D eigenvalue weighted by Crippen LogP contribution is -2.22. The zero-order chi connectivity index (χ0) is 20.8. The average molecular weight is 454 g/mol. The van der Waals surface area contributed by atoms with Crippen molar-refractivity contribution in [1.29, 1.82) is 5.26 Å². The molecule has 0 bridgehead atoms. The van der Waals surface area contributed by atoms with E-state index in [9.17, 15) is 5.26 Å². The molecule has 29 heavy (non-hydrogen) atoms. The van der Waals surface area contributed by atoms with E-state index in [1.54, 1.807) is 0 Å². The zero-order valence-electron chi connectivity index (χ0n) is 16.9. The molecule has 0 spiro atoms. The summed E-state index contributed by atoms with van der Waals surface area (Å²) >= 11 is 3.48. The van der Waals surface area contributed by atoms with Crippen molar-refractivity contribution in [3.05, 3.63) is 69.5 Å². The van der Waals surface area contributed by atoms with Gasteiger partial charge < -0.3 is 14.4 Å². The molecule has 1 heterocycles. The minimum atomic E-state index is -0.253. The van der Waals surface area contributed by atoms with Gasteiger partial charge in [-0.2, -0.15) is 10.3 Å². The van der Waals surface area contributed by atoms with Gasteiger partial charge in [0.25, 0.3) is 0 Å². The average Bonchev–Trinajstić information content (AvgIpc) is 2.74. The molecule has 3 rings (SSSR count). The molecule has 0 radical (unpaired) electrons. The molecule has 0 amide bonds. The monoisotopic (exact) mass is 453 g/mol. The first-order chi connectivity index (χ1) is 14.1. The number of rotatable bonds is 7. The van der Waals surface area contributed by atoms with Gasteiger partial charge in [0.15, 0.2) is 6.40 Å². The summed E-state index contributed by atoms with van der Waals surface area (Å²) in [5.41, 5.74) is 3.51. The van der Waals surface area contributed by atoms with E-state index in [1.807, 2.05) is 37.3 Å². The fourth-order valence-corrected chi connectivity index (χ4v) is 3.71. The lowest BCUT2D eigenvalue weighted by Gasteiger charge is -2.28. The highest BCUT2D eigenvalue weighted by Crippen LogP contribution is 2.44. The van der Waals surface area contributed by atoms with Crippen molar-refractivity contribution in [2.24, 2.45) is 4.99 Å². The molecular weight excluding hydrogens is 430 g/mol. The standard InChI is InChI=1S/C23H24BrN3O2/c1-4-27(5-2)18-11-12-19-21(13-18)29-23(26-15-28-6-3)20(14-25)22(19)16-7-9-17(24)10-8-16/h7-13,15,22H,4-6H2,1-3H3/b26-15+. The van der Waals surface area contributed by atoms with Crippen LogP contribution in [-0.2, 0) is 4.74 Å². The predicted molar refractivity (Wildman–Crippen MR) is 119 cm³/mol. The number of aliphatic imine (C=N–C) groups is 1. The van der Waals surface area contributed by atoms with Crippen LogP contribution in [-0.4, -0.2) is 26.1 Å². The van der Waals surface area contributed by atoms with Crippen LogP contribution in [0, 0.1) is 11.3 Å². The maximum absolute atomic E-state index is 9.93. The van der Waals surface area contributed by atoms with Gasteiger partial charge in [-0.25, -0.2) is 0 Å². The van der Waals surface area contributed by atoms with Crippen LogP contribution in [0.25, 0.3) is 0 Å². The smallest absolute Gasteiger partial charge is 0.236 e. The molecule has 1 aliphatic rings. The maximum atomic E-state index is 9.93. The van der Waals surface area contributed by atoms with E-state index in [2.05, 4.69) is 57.9 Å². The Morgan fingerprint density at radius 1 is 1.17 bits per heavy atom. The molecule has 1 atom stereocenters. The molecule has 2 aromatic rings. The third-order valence-corrected chi connectivity index (χ3v) is 5.43. The van der Waals surface area contributed by atoms with Gasteiger partial charge in [0.2, 0.25) is 5.88 Å². The van der Waals surface area contributed by atoms with Crippen molar-refractivity contribution in [2.75, 3.05) is 24.6 Å². The van der Waals surface area contributed by atoms with Crippen molar-refractivity contribution in [3.63, 3.8) is 0 Å². The second-order valence-electron chi connectivity index (χ2n) is 6.50. The number of benzene rings is 2. The van der Waals surface area contributed by atoms with E-state index >= 15 is 0 Å². The lowest BCUT2D eigenvalue weighted by molar-refractivity contribution is 0.335. The first kappa shape index (κ1) is 20.9. The Balaban J connectivity index is 2.15. The van der Waals surface area contributed by atoms with Crippen LogP contribution in [0.4, 0.5) is 5.69 Å². The Kier molecular flexibility index (Phi) is 6.95. The summed E-state index contributed by atoms with van der Waals surface area (Å²) in [6.45, 7) is 8.43. The number of ether oxygens (including phenoxy) is 2. The van der Waals surface area contributed by atoms with Crippen LogP contribution >= 0.6 is 15.9 Å². The molecule has 0 fully saturated rings. The molecule has 1 aliphatic heterocycles. The van der Waals surface area contributed by atoms with Gasteiger partial charge in [0.1, 0.15) is 17.4 Å². The van der Waals surface area contributed by atoms with Gasteiger partial charge in [-0.1, -0.05) is 34.1 Å². The van der Waals surface area contributed by atoms with Gasteiger partial charge in [0.05, 0.1) is 12.5 Å². The van der Waals surface area contributed by atoms with Crippen LogP contribution in [0.15, 0.2) is 63.4 Å². The number of anilines is 1. The van der Waals surface area contributed by atoms with E-state index in [-0.39, 0.29) is 11.8 Å². The first-order valence-electron chi connectivity index (χ1n) is 9.73. The SMILES string of the molecule is CCO/C=N/C1=C(C#N)C(c2ccc(Br)cc2)c2ccc(N(CC)CC)cc2O1. The Morgan fingerprint density at radius 2 is 1.90 bits per heavy atom. The predicted octanol–water partition coefficient (Wildman–Crippen LogP) is 5.62. The van der Waals surface area contributed by atoms with E-state index in [1.165, 1.54) is 6.40 Å². The third kappa shape index (κ3) is 4.46. The largest absolute Gasteiger partial charge is 0.483 e. The molecule has 6 heteroatoms. The van der Waals surface area contributed by atoms with Gasteiger partial charge in [-0.3, -0.25) is 0 Å². The second-order valence-corrected chi connectivity index (χ2v) is 7.42. The number of nitriles is 1. The van der Waals surface area contributed by atoms with Crippen LogP contribution in [0.2, 0.25) is 0 Å². The molecule has 0 aromatic heterocycles. The fourth-order valence-electron chi connectivity index (χ4n) is 3.44. The summed E-state index contributed by atoms with van der Waals surface area (Å²) in [6, 6.07) is 16.5. The molecule has 1 unspecified atom stereocenters. The third-order valence-electron chi connectivity index (χ3n) is 4.90. The van der Waals surface area contributed by atoms with Gasteiger partial charge in [-0.05, 0) is 44.5 Å². The van der Waals surface area contributed by atoms with Crippen LogP contribution in [0.5, 0.6) is 5.75 Å². The molecule has 0 saturated heterocycles. The Bertz CT molecular complexity index is 957. The number of nitrogens with zero attached hydrogens (tertiary/aromatic N) is 3. The highest BCUT2D eigenvalue weighted by molar-refractivity contribution is 9.10. The number of allylic oxidation sites excluding steroid dienone is 1. The molecule has 0 saturated carbocycles. The van der Waals surface area contributed by atoms with Crippen molar-refractivity contribution in [1.82, 2.24) is 0 Å². The van der Waals surface area contributed by atoms with Crippen LogP contribution in [0.1, 0.15) is 37.8 Å². The van der Waals surface area contributed by atoms with Gasteiger partial charge in [-0.15, -0.1) is 0 Å². The topological polar surface area (TPSA) is 57.8 Å². The normalized spacial score (nSPS) is 15.6. The summed E-state index contributed by atoms with van der Waals surface area (Å²) in [5, 5.41) is 9.93. The quantitative estimate of drug-likeness (QED) is 0.403. The van der Waals surface area contributed by atoms with E-state index in [0.29, 0.717) is 17.9 Å². The first-order valence-corrected chi connectivity index (χ1v) is 10.5. The summed E-state index contributed by atoms with van der Waals surface area (Å²) in [6.07, 6.45) is 1.34. The van der Waals surface area contributed by atoms with E-state index in [0.717, 1.165) is 34.4 Å². The van der Waals surface area contributed by atoms with Crippen molar-refractivity contribution < 1.29 is 9.47 Å². The summed E-state index contributed by atoms with van der Waals surface area (Å²) in [7, 11) is 0. The van der Waals surface area contributed by atoms with E-state index < -0.39 is 0 Å². The Hall–Kier alpha value is -2.78. The lowest BCUT2D eigenvalue weighted by atomic mass is 9.83. The van der Waals surface area contributed by atoms with E-state index in [4.69, 9.17) is 9.47 Å². The molecule has 0 N–H and O–H groups in total. The zero-order valence-corrected chi connectivity index (χ0v) is 18.4. The van der Waals surface area contributed by atoms with Crippen LogP contribution < -0.4 is 9.64 Å². The maximum Gasteiger partial charge on any atom is 0.236 e. The Labute approximate surface area is 180 Å². The minimum Gasteiger partial charge on any atom is -0.483 e. The van der Waals surface area contributed by atoms with Gasteiger partial charge in [0, 0.05) is 34.9 Å². The molecule has 5 nitrogen and oxygen atoms in total. The number of hydrogen-bond acceptors (Lipinski definition) is 5.